The molecule has 0 amide bonds. The maximum Gasteiger partial charge on any atom is 0.394 e. The van der Waals surface area contributed by atoms with E-state index >= 15 is 0 Å². The zero-order valence-corrected chi connectivity index (χ0v) is 7.70. The normalized spacial score (nSPS) is 9.86. The number of ketones is 1. The summed E-state index contributed by atoms with van der Waals surface area (Å²) in [7, 11) is 1.29. The third-order valence-corrected chi connectivity index (χ3v) is 1.37. The molecule has 1 rings (SSSR count). The highest BCUT2D eigenvalue weighted by atomic mass is 16.9. The van der Waals surface area contributed by atoms with Crippen molar-refractivity contribution in [2.24, 2.45) is 0 Å². The van der Waals surface area contributed by atoms with Crippen molar-refractivity contribution in [2.45, 2.75) is 6.92 Å². The molecule has 1 aromatic heterocycles. The highest BCUT2D eigenvalue weighted by molar-refractivity contribution is 5.93. The lowest BCUT2D eigenvalue weighted by atomic mass is 10.3. The van der Waals surface area contributed by atoms with Crippen LogP contribution >= 0.6 is 0 Å². The minimum Gasteiger partial charge on any atom is -0.446 e. The van der Waals surface area contributed by atoms with Crippen molar-refractivity contribution in [1.29, 1.82) is 0 Å². The number of hydrogen-bond acceptors (Lipinski definition) is 6. The standard InChI is InChI=1S/C8H9NO5/c1-5(10)6-3-4-7(13-6)8(11)14-9-12-2/h3-4,9H,1-2H3. The van der Waals surface area contributed by atoms with Gasteiger partial charge in [0.2, 0.25) is 5.76 Å². The summed E-state index contributed by atoms with van der Waals surface area (Å²) in [6.07, 6.45) is 0. The van der Waals surface area contributed by atoms with Crippen molar-refractivity contribution in [3.63, 3.8) is 0 Å². The predicted octanol–water partition coefficient (Wildman–Crippen LogP) is 0.705. The van der Waals surface area contributed by atoms with Gasteiger partial charge in [-0.05, 0) is 17.8 Å². The fourth-order valence-corrected chi connectivity index (χ4v) is 0.767. The average molecular weight is 199 g/mol. The van der Waals surface area contributed by atoms with E-state index < -0.39 is 5.97 Å². The molecule has 0 fully saturated rings. The summed E-state index contributed by atoms with van der Waals surface area (Å²) in [6, 6.07) is 2.74. The second-order valence-electron chi connectivity index (χ2n) is 2.40. The molecule has 0 aromatic carbocycles. The van der Waals surface area contributed by atoms with Crippen molar-refractivity contribution < 1.29 is 23.7 Å². The number of Topliss-reactive ketones (excluding diaryl/α,β-unsaturated/α-hetero) is 1. The Morgan fingerprint density at radius 3 is 2.50 bits per heavy atom. The Morgan fingerprint density at radius 2 is 2.00 bits per heavy atom. The molecule has 14 heavy (non-hydrogen) atoms. The van der Waals surface area contributed by atoms with Crippen molar-refractivity contribution >= 4 is 11.8 Å². The number of hydrogen-bond donors (Lipinski definition) is 1. The molecule has 6 nitrogen and oxygen atoms in total. The van der Waals surface area contributed by atoms with E-state index in [2.05, 4.69) is 9.68 Å². The molecule has 0 bridgehead atoms. The Hall–Kier alpha value is -1.66. The van der Waals surface area contributed by atoms with E-state index in [1.165, 1.54) is 26.2 Å². The molecule has 0 atom stereocenters. The smallest absolute Gasteiger partial charge is 0.394 e. The van der Waals surface area contributed by atoms with E-state index in [1.807, 2.05) is 5.64 Å². The van der Waals surface area contributed by atoms with E-state index in [0.29, 0.717) is 0 Å². The van der Waals surface area contributed by atoms with Crippen molar-refractivity contribution in [3.8, 4) is 0 Å². The number of carbonyl (C=O) groups excluding carboxylic acids is 2. The number of nitrogens with one attached hydrogen (secondary N) is 1. The maximum absolute atomic E-state index is 11.1. The molecule has 1 aromatic rings. The Kier molecular flexibility index (Phi) is 3.38. The molecule has 0 unspecified atom stereocenters. The molecule has 0 spiro atoms. The Morgan fingerprint density at radius 1 is 1.36 bits per heavy atom. The zero-order chi connectivity index (χ0) is 10.6. The molecular weight excluding hydrogens is 190 g/mol. The van der Waals surface area contributed by atoms with Crippen LogP contribution in [0.25, 0.3) is 0 Å². The Bertz CT molecular complexity index is 343. The zero-order valence-electron chi connectivity index (χ0n) is 7.70. The van der Waals surface area contributed by atoms with Crippen molar-refractivity contribution in [1.82, 2.24) is 5.64 Å². The van der Waals surface area contributed by atoms with Crippen LogP contribution in [0.5, 0.6) is 0 Å². The summed E-state index contributed by atoms with van der Waals surface area (Å²) >= 11 is 0. The monoisotopic (exact) mass is 199 g/mol. The second kappa shape index (κ2) is 4.54. The second-order valence-corrected chi connectivity index (χ2v) is 2.40. The van der Waals surface area contributed by atoms with Crippen LogP contribution in [0, 0.1) is 0 Å². The van der Waals surface area contributed by atoms with Crippen LogP contribution in [0.3, 0.4) is 0 Å². The summed E-state index contributed by atoms with van der Waals surface area (Å²) in [5.41, 5.74) is 1.89. The number of rotatable bonds is 4. The van der Waals surface area contributed by atoms with Crippen LogP contribution in [-0.2, 0) is 9.68 Å². The van der Waals surface area contributed by atoms with Gasteiger partial charge in [0.15, 0.2) is 11.5 Å². The van der Waals surface area contributed by atoms with Gasteiger partial charge in [0.1, 0.15) is 0 Å². The molecule has 0 radical (unpaired) electrons. The topological polar surface area (TPSA) is 77.8 Å². The van der Waals surface area contributed by atoms with E-state index in [0.717, 1.165) is 0 Å². The molecular formula is C8H9NO5. The molecule has 0 aliphatic carbocycles. The van der Waals surface area contributed by atoms with Gasteiger partial charge < -0.3 is 9.25 Å². The number of carbonyl (C=O) groups is 2. The lowest BCUT2D eigenvalue weighted by molar-refractivity contribution is -0.115. The quantitative estimate of drug-likeness (QED) is 0.568. The molecule has 0 aliphatic rings. The van der Waals surface area contributed by atoms with Crippen molar-refractivity contribution in [3.05, 3.63) is 23.7 Å². The van der Waals surface area contributed by atoms with Crippen LogP contribution in [-0.4, -0.2) is 18.9 Å². The SMILES string of the molecule is CONOC(=O)c1ccc(C(C)=O)o1. The highest BCUT2D eigenvalue weighted by Crippen LogP contribution is 2.09. The van der Waals surface area contributed by atoms with E-state index in [1.54, 1.807) is 0 Å². The minimum absolute atomic E-state index is 0.0697. The third kappa shape index (κ3) is 2.41. The first kappa shape index (κ1) is 10.4. The van der Waals surface area contributed by atoms with Gasteiger partial charge in [-0.1, -0.05) is 0 Å². The number of furan rings is 1. The summed E-state index contributed by atoms with van der Waals surface area (Å²) < 4.78 is 4.88. The van der Waals surface area contributed by atoms with Gasteiger partial charge in [-0.25, -0.2) is 4.79 Å². The Labute approximate surface area is 79.7 Å². The van der Waals surface area contributed by atoms with Crippen LogP contribution in [0.4, 0.5) is 0 Å². The van der Waals surface area contributed by atoms with Crippen LogP contribution in [0.2, 0.25) is 0 Å². The molecule has 76 valence electrons. The van der Waals surface area contributed by atoms with Gasteiger partial charge in [-0.3, -0.25) is 9.63 Å². The summed E-state index contributed by atoms with van der Waals surface area (Å²) in [6.45, 7) is 1.33. The first-order valence-electron chi connectivity index (χ1n) is 3.75. The molecule has 1 heterocycles. The Balaban J connectivity index is 2.66. The van der Waals surface area contributed by atoms with Gasteiger partial charge >= 0.3 is 5.97 Å². The summed E-state index contributed by atoms with van der Waals surface area (Å²) in [5, 5.41) is 0. The van der Waals surface area contributed by atoms with Crippen LogP contribution in [0.1, 0.15) is 28.0 Å². The maximum atomic E-state index is 11.1. The van der Waals surface area contributed by atoms with Crippen molar-refractivity contribution in [2.75, 3.05) is 7.11 Å². The molecule has 0 saturated carbocycles. The predicted molar refractivity (Wildman–Crippen MR) is 44.3 cm³/mol. The lowest BCUT2D eigenvalue weighted by Crippen LogP contribution is -2.18. The van der Waals surface area contributed by atoms with E-state index in [4.69, 9.17) is 4.42 Å². The summed E-state index contributed by atoms with van der Waals surface area (Å²) in [5.74, 6) is -0.989. The van der Waals surface area contributed by atoms with Gasteiger partial charge in [-0.15, -0.1) is 0 Å². The molecule has 6 heteroatoms. The van der Waals surface area contributed by atoms with Gasteiger partial charge in [-0.2, -0.15) is 0 Å². The highest BCUT2D eigenvalue weighted by Gasteiger charge is 2.14. The molecule has 0 aliphatic heterocycles. The van der Waals surface area contributed by atoms with Gasteiger partial charge in [0, 0.05) is 6.92 Å². The van der Waals surface area contributed by atoms with Crippen LogP contribution < -0.4 is 5.64 Å². The molecule has 0 saturated heterocycles. The van der Waals surface area contributed by atoms with Crippen LogP contribution in [0.15, 0.2) is 16.5 Å². The largest absolute Gasteiger partial charge is 0.446 e. The van der Waals surface area contributed by atoms with E-state index in [-0.39, 0.29) is 17.3 Å². The third-order valence-electron chi connectivity index (χ3n) is 1.37. The fraction of sp³-hybridized carbons (Fsp3) is 0.250. The fourth-order valence-electron chi connectivity index (χ4n) is 0.767. The first-order valence-corrected chi connectivity index (χ1v) is 3.75. The van der Waals surface area contributed by atoms with Gasteiger partial charge in [0.25, 0.3) is 0 Å². The minimum atomic E-state index is -0.764. The first-order chi connectivity index (χ1) is 6.65. The summed E-state index contributed by atoms with van der Waals surface area (Å²) in [4.78, 5) is 30.5. The average Bonchev–Trinajstić information content (AvgIpc) is 2.62. The van der Waals surface area contributed by atoms with E-state index in [9.17, 15) is 9.59 Å². The molecule has 1 N–H and O–H groups in total. The van der Waals surface area contributed by atoms with Gasteiger partial charge in [0.05, 0.1) is 7.11 Å². The lowest BCUT2D eigenvalue weighted by Gasteiger charge is -1.99.